The van der Waals surface area contributed by atoms with Crippen LogP contribution in [0.5, 0.6) is 5.75 Å². The van der Waals surface area contributed by atoms with E-state index in [1.807, 2.05) is 0 Å². The predicted molar refractivity (Wildman–Crippen MR) is 55.3 cm³/mol. The van der Waals surface area contributed by atoms with Crippen LogP contribution in [0.1, 0.15) is 30.0 Å². The summed E-state index contributed by atoms with van der Waals surface area (Å²) in [7, 11) is 1.75. The molecule has 1 aliphatic heterocycles. The van der Waals surface area contributed by atoms with Gasteiger partial charge in [-0.1, -0.05) is 12.1 Å². The Morgan fingerprint density at radius 2 is 2.21 bits per heavy atom. The van der Waals surface area contributed by atoms with E-state index in [2.05, 4.69) is 23.5 Å². The van der Waals surface area contributed by atoms with Gasteiger partial charge < -0.3 is 10.1 Å². The smallest absolute Gasteiger partial charge is 0.123 e. The summed E-state index contributed by atoms with van der Waals surface area (Å²) in [5.74, 6) is 1.92. The number of hydrogen-bond donors (Lipinski definition) is 1. The van der Waals surface area contributed by atoms with E-state index in [1.54, 1.807) is 7.11 Å². The van der Waals surface area contributed by atoms with Gasteiger partial charge in [0.2, 0.25) is 0 Å². The first-order chi connectivity index (χ1) is 6.90. The molecule has 74 valence electrons. The van der Waals surface area contributed by atoms with Crippen LogP contribution in [0.3, 0.4) is 0 Å². The van der Waals surface area contributed by atoms with E-state index in [0.29, 0.717) is 6.04 Å². The van der Waals surface area contributed by atoms with Crippen molar-refractivity contribution in [3.8, 4) is 5.75 Å². The van der Waals surface area contributed by atoms with Crippen molar-refractivity contribution >= 4 is 0 Å². The van der Waals surface area contributed by atoms with Crippen LogP contribution in [-0.2, 0) is 6.54 Å². The van der Waals surface area contributed by atoms with E-state index in [4.69, 9.17) is 4.74 Å². The molecule has 1 aliphatic carbocycles. The quantitative estimate of drug-likeness (QED) is 0.770. The van der Waals surface area contributed by atoms with E-state index >= 15 is 0 Å². The van der Waals surface area contributed by atoms with Gasteiger partial charge in [0.15, 0.2) is 0 Å². The average molecular weight is 189 g/mol. The van der Waals surface area contributed by atoms with E-state index in [9.17, 15) is 0 Å². The predicted octanol–water partition coefficient (Wildman–Crippen LogP) is 2.25. The normalized spacial score (nSPS) is 24.8. The third-order valence-corrected chi connectivity index (χ3v) is 3.32. The second kappa shape index (κ2) is 2.99. The zero-order valence-electron chi connectivity index (χ0n) is 8.42. The lowest BCUT2D eigenvalue weighted by molar-refractivity contribution is 0.409. The second-order valence-corrected chi connectivity index (χ2v) is 4.22. The van der Waals surface area contributed by atoms with Gasteiger partial charge in [-0.15, -0.1) is 0 Å². The molecular weight excluding hydrogens is 174 g/mol. The van der Waals surface area contributed by atoms with Gasteiger partial charge in [0, 0.05) is 18.2 Å². The molecule has 0 bridgehead atoms. The van der Waals surface area contributed by atoms with Gasteiger partial charge in [-0.05, 0) is 30.4 Å². The lowest BCUT2D eigenvalue weighted by atomic mass is 10.0. The fourth-order valence-corrected chi connectivity index (χ4v) is 2.43. The van der Waals surface area contributed by atoms with E-state index in [-0.39, 0.29) is 0 Å². The summed E-state index contributed by atoms with van der Waals surface area (Å²) < 4.78 is 5.37. The Morgan fingerprint density at radius 3 is 2.93 bits per heavy atom. The van der Waals surface area contributed by atoms with E-state index in [0.717, 1.165) is 18.2 Å². The number of ether oxygens (including phenoxy) is 1. The zero-order valence-corrected chi connectivity index (χ0v) is 8.42. The molecule has 0 amide bonds. The van der Waals surface area contributed by atoms with Crippen molar-refractivity contribution in [2.45, 2.75) is 25.4 Å². The maximum absolute atomic E-state index is 5.37. The molecule has 1 N–H and O–H groups in total. The summed E-state index contributed by atoms with van der Waals surface area (Å²) in [5, 5.41) is 3.58. The third-order valence-electron chi connectivity index (χ3n) is 3.32. The van der Waals surface area contributed by atoms with Crippen LogP contribution in [0, 0.1) is 5.92 Å². The van der Waals surface area contributed by atoms with Crippen molar-refractivity contribution < 1.29 is 4.74 Å². The van der Waals surface area contributed by atoms with Gasteiger partial charge in [0.25, 0.3) is 0 Å². The number of nitrogens with one attached hydrogen (secondary N) is 1. The van der Waals surface area contributed by atoms with E-state index in [1.165, 1.54) is 24.0 Å². The molecule has 1 atom stereocenters. The summed E-state index contributed by atoms with van der Waals surface area (Å²) >= 11 is 0. The van der Waals surface area contributed by atoms with Gasteiger partial charge in [-0.25, -0.2) is 0 Å². The molecule has 2 nitrogen and oxygen atoms in total. The highest BCUT2D eigenvalue weighted by Gasteiger charge is 2.36. The maximum Gasteiger partial charge on any atom is 0.123 e. The number of methoxy groups -OCH3 is 1. The van der Waals surface area contributed by atoms with Crippen LogP contribution < -0.4 is 10.1 Å². The lowest BCUT2D eigenvalue weighted by Crippen LogP contribution is -2.13. The Bertz CT molecular complexity index is 357. The molecule has 2 aliphatic rings. The zero-order chi connectivity index (χ0) is 9.54. The highest BCUT2D eigenvalue weighted by molar-refractivity contribution is 5.45. The maximum atomic E-state index is 5.37. The van der Waals surface area contributed by atoms with Crippen molar-refractivity contribution in [3.63, 3.8) is 0 Å². The third kappa shape index (κ3) is 1.14. The van der Waals surface area contributed by atoms with Crippen LogP contribution in [-0.4, -0.2) is 7.11 Å². The van der Waals surface area contributed by atoms with E-state index < -0.39 is 0 Å². The molecule has 1 saturated carbocycles. The molecular formula is C12H15NO. The van der Waals surface area contributed by atoms with Crippen LogP contribution in [0.2, 0.25) is 0 Å². The summed E-state index contributed by atoms with van der Waals surface area (Å²) in [6.07, 6.45) is 2.77. The topological polar surface area (TPSA) is 21.3 Å². The molecule has 0 radical (unpaired) electrons. The number of hydrogen-bond acceptors (Lipinski definition) is 2. The van der Waals surface area contributed by atoms with Crippen LogP contribution in [0.15, 0.2) is 18.2 Å². The highest BCUT2D eigenvalue weighted by Crippen LogP contribution is 2.46. The van der Waals surface area contributed by atoms with Crippen LogP contribution in [0.4, 0.5) is 0 Å². The minimum atomic E-state index is 0.597. The molecule has 14 heavy (non-hydrogen) atoms. The van der Waals surface area contributed by atoms with Crippen LogP contribution >= 0.6 is 0 Å². The molecule has 0 aromatic heterocycles. The monoisotopic (exact) mass is 189 g/mol. The van der Waals surface area contributed by atoms with Crippen molar-refractivity contribution in [2.24, 2.45) is 5.92 Å². The standard InChI is InChI=1S/C12H15NO/c1-14-11-4-2-3-9-10(11)7-13-12(9)8-5-6-8/h2-4,8,12-13H,5-7H2,1H3. The van der Waals surface area contributed by atoms with Gasteiger partial charge >= 0.3 is 0 Å². The minimum absolute atomic E-state index is 0.597. The van der Waals surface area contributed by atoms with Crippen molar-refractivity contribution in [3.05, 3.63) is 29.3 Å². The Balaban J connectivity index is 2.02. The SMILES string of the molecule is COc1cccc2c1CNC2C1CC1. The largest absolute Gasteiger partial charge is 0.496 e. The first-order valence-electron chi connectivity index (χ1n) is 5.29. The van der Waals surface area contributed by atoms with Gasteiger partial charge in [0.05, 0.1) is 7.11 Å². The molecule has 1 fully saturated rings. The number of rotatable bonds is 2. The van der Waals surface area contributed by atoms with Crippen molar-refractivity contribution in [2.75, 3.05) is 7.11 Å². The fraction of sp³-hybridized carbons (Fsp3) is 0.500. The Kier molecular flexibility index (Phi) is 1.77. The molecule has 3 rings (SSSR count). The number of fused-ring (bicyclic) bond motifs is 1. The summed E-state index contributed by atoms with van der Waals surface area (Å²) in [4.78, 5) is 0. The molecule has 1 aromatic rings. The van der Waals surface area contributed by atoms with Gasteiger partial charge in [-0.2, -0.15) is 0 Å². The van der Waals surface area contributed by atoms with Crippen molar-refractivity contribution in [1.29, 1.82) is 0 Å². The molecule has 0 spiro atoms. The molecule has 0 saturated heterocycles. The Hall–Kier alpha value is -1.02. The Morgan fingerprint density at radius 1 is 1.36 bits per heavy atom. The second-order valence-electron chi connectivity index (χ2n) is 4.22. The van der Waals surface area contributed by atoms with Gasteiger partial charge in [-0.3, -0.25) is 0 Å². The van der Waals surface area contributed by atoms with Crippen LogP contribution in [0.25, 0.3) is 0 Å². The first-order valence-corrected chi connectivity index (χ1v) is 5.29. The Labute approximate surface area is 84.3 Å². The van der Waals surface area contributed by atoms with Gasteiger partial charge in [0.1, 0.15) is 5.75 Å². The number of benzene rings is 1. The lowest BCUT2D eigenvalue weighted by Gasteiger charge is -2.10. The first kappa shape index (κ1) is 8.30. The summed E-state index contributed by atoms with van der Waals surface area (Å²) in [6, 6.07) is 6.98. The molecule has 1 aromatic carbocycles. The fourth-order valence-electron chi connectivity index (χ4n) is 2.43. The summed E-state index contributed by atoms with van der Waals surface area (Å²) in [5.41, 5.74) is 2.83. The molecule has 2 heteroatoms. The summed E-state index contributed by atoms with van der Waals surface area (Å²) in [6.45, 7) is 0.973. The van der Waals surface area contributed by atoms with Crippen molar-refractivity contribution in [1.82, 2.24) is 5.32 Å². The average Bonchev–Trinajstić information content (AvgIpc) is 2.97. The molecule has 1 unspecified atom stereocenters. The minimum Gasteiger partial charge on any atom is -0.496 e. The molecule has 1 heterocycles. The highest BCUT2D eigenvalue weighted by atomic mass is 16.5.